The van der Waals surface area contributed by atoms with Gasteiger partial charge in [-0.05, 0) is 67.4 Å². The number of aromatic hydroxyl groups is 1. The van der Waals surface area contributed by atoms with Crippen LogP contribution >= 0.6 is 0 Å². The van der Waals surface area contributed by atoms with Crippen molar-refractivity contribution in [1.29, 1.82) is 0 Å². The molecule has 0 spiro atoms. The SMILES string of the molecule is O=C(O)Nc1ccccc1-c1ccccc1.O=c1ccc2c([C@@H](O)CNCCOc3cccc(OCCN4CCCCC4)c3)ccc(O)c2[nH]1. The Hall–Kier alpha value is -5.36. The Bertz CT molecular complexity index is 1880. The zero-order valence-electron chi connectivity index (χ0n) is 27.9. The van der Waals surface area contributed by atoms with E-state index < -0.39 is 12.2 Å². The number of anilines is 1. The third-order valence-electron chi connectivity index (χ3n) is 8.33. The molecule has 6 N–H and O–H groups in total. The number of aliphatic hydroxyl groups is 1. The van der Waals surface area contributed by atoms with E-state index in [1.165, 1.54) is 31.4 Å². The van der Waals surface area contributed by atoms with Crippen LogP contribution in [0.3, 0.4) is 0 Å². The van der Waals surface area contributed by atoms with Crippen molar-refractivity contribution in [2.45, 2.75) is 25.4 Å². The minimum Gasteiger partial charge on any atom is -0.506 e. The number of rotatable bonds is 13. The van der Waals surface area contributed by atoms with Crippen LogP contribution in [0.4, 0.5) is 10.5 Å². The van der Waals surface area contributed by atoms with Gasteiger partial charge in [0.15, 0.2) is 0 Å². The van der Waals surface area contributed by atoms with Gasteiger partial charge in [0.25, 0.3) is 0 Å². The van der Waals surface area contributed by atoms with Crippen molar-refractivity contribution in [3.05, 3.63) is 119 Å². The molecule has 0 aliphatic carbocycles. The highest BCUT2D eigenvalue weighted by molar-refractivity contribution is 5.90. The molecule has 11 nitrogen and oxygen atoms in total. The molecule has 50 heavy (non-hydrogen) atoms. The number of phenols is 1. The monoisotopic (exact) mass is 680 g/mol. The largest absolute Gasteiger partial charge is 0.506 e. The van der Waals surface area contributed by atoms with Crippen LogP contribution in [0.1, 0.15) is 30.9 Å². The topological polar surface area (TPSA) is 156 Å². The van der Waals surface area contributed by atoms with E-state index >= 15 is 0 Å². The molecule has 0 unspecified atom stereocenters. The Labute approximate surface area is 291 Å². The van der Waals surface area contributed by atoms with Gasteiger partial charge in [0.1, 0.15) is 30.5 Å². The number of amides is 1. The molecule has 0 saturated carbocycles. The van der Waals surface area contributed by atoms with Crippen molar-refractivity contribution in [2.24, 2.45) is 0 Å². The average molecular weight is 681 g/mol. The summed E-state index contributed by atoms with van der Waals surface area (Å²) in [7, 11) is 0. The molecular weight excluding hydrogens is 636 g/mol. The summed E-state index contributed by atoms with van der Waals surface area (Å²) in [4.78, 5) is 27.3. The van der Waals surface area contributed by atoms with E-state index in [2.05, 4.69) is 20.5 Å². The van der Waals surface area contributed by atoms with Gasteiger partial charge in [0.2, 0.25) is 5.56 Å². The number of para-hydroxylation sites is 1. The zero-order valence-corrected chi connectivity index (χ0v) is 27.9. The second-order valence-electron chi connectivity index (χ2n) is 11.9. The van der Waals surface area contributed by atoms with Crippen molar-refractivity contribution < 1.29 is 29.6 Å². The lowest BCUT2D eigenvalue weighted by atomic mass is 10.0. The first-order valence-electron chi connectivity index (χ1n) is 16.8. The van der Waals surface area contributed by atoms with Gasteiger partial charge in [-0.2, -0.15) is 0 Å². The fourth-order valence-electron chi connectivity index (χ4n) is 5.85. The number of aromatic nitrogens is 1. The second kappa shape index (κ2) is 18.4. The van der Waals surface area contributed by atoms with Crippen molar-refractivity contribution >= 4 is 22.7 Å². The lowest BCUT2D eigenvalue weighted by molar-refractivity contribution is 0.173. The smallest absolute Gasteiger partial charge is 0.409 e. The predicted molar refractivity (Wildman–Crippen MR) is 195 cm³/mol. The number of benzene rings is 4. The number of pyridine rings is 1. The minimum absolute atomic E-state index is 0.0253. The Balaban J connectivity index is 0.000000253. The average Bonchev–Trinajstić information content (AvgIpc) is 3.13. The molecule has 5 aromatic rings. The summed E-state index contributed by atoms with van der Waals surface area (Å²) < 4.78 is 11.7. The number of hydrogen-bond donors (Lipinski definition) is 6. The Morgan fingerprint density at radius 2 is 1.56 bits per heavy atom. The number of ether oxygens (including phenoxy) is 2. The minimum atomic E-state index is -1.05. The number of aromatic amines is 1. The number of H-pyrrole nitrogens is 1. The van der Waals surface area contributed by atoms with Crippen LogP contribution in [0.5, 0.6) is 17.2 Å². The summed E-state index contributed by atoms with van der Waals surface area (Å²) in [5.41, 5.74) is 3.12. The number of piperidine rings is 1. The summed E-state index contributed by atoms with van der Waals surface area (Å²) in [5.74, 6) is 1.52. The Kier molecular flexibility index (Phi) is 13.2. The molecule has 0 bridgehead atoms. The fourth-order valence-corrected chi connectivity index (χ4v) is 5.85. The van der Waals surface area contributed by atoms with Crippen molar-refractivity contribution in [2.75, 3.05) is 51.3 Å². The highest BCUT2D eigenvalue weighted by atomic mass is 16.5. The van der Waals surface area contributed by atoms with Gasteiger partial charge in [-0.15, -0.1) is 0 Å². The number of fused-ring (bicyclic) bond motifs is 1. The molecular formula is C39H44N4O7. The third kappa shape index (κ3) is 10.6. The Morgan fingerprint density at radius 1 is 0.840 bits per heavy atom. The number of carboxylic acid groups (broad SMARTS) is 1. The second-order valence-corrected chi connectivity index (χ2v) is 11.9. The lowest BCUT2D eigenvalue weighted by Gasteiger charge is -2.26. The molecule has 1 saturated heterocycles. The predicted octanol–water partition coefficient (Wildman–Crippen LogP) is 6.24. The first-order valence-corrected chi connectivity index (χ1v) is 16.8. The maximum Gasteiger partial charge on any atom is 0.409 e. The van der Waals surface area contributed by atoms with Crippen LogP contribution in [0.2, 0.25) is 0 Å². The highest BCUT2D eigenvalue weighted by Gasteiger charge is 2.14. The number of likely N-dealkylation sites (tertiary alicyclic amines) is 1. The molecule has 1 aromatic heterocycles. The molecule has 2 heterocycles. The van der Waals surface area contributed by atoms with Crippen molar-refractivity contribution in [3.8, 4) is 28.4 Å². The van der Waals surface area contributed by atoms with Gasteiger partial charge in [-0.3, -0.25) is 15.0 Å². The normalized spacial score (nSPS) is 13.5. The molecule has 1 aliphatic heterocycles. The first kappa shape index (κ1) is 35.9. The van der Waals surface area contributed by atoms with E-state index in [1.54, 1.807) is 24.3 Å². The summed E-state index contributed by atoms with van der Waals surface area (Å²) in [6.45, 7) is 5.24. The summed E-state index contributed by atoms with van der Waals surface area (Å²) in [5, 5.41) is 35.5. The van der Waals surface area contributed by atoms with E-state index in [4.69, 9.17) is 14.6 Å². The van der Waals surface area contributed by atoms with E-state index in [9.17, 15) is 19.8 Å². The maximum absolute atomic E-state index is 11.6. The number of carbonyl (C=O) groups is 1. The van der Waals surface area contributed by atoms with Crippen molar-refractivity contribution in [1.82, 2.24) is 15.2 Å². The Morgan fingerprint density at radius 3 is 2.32 bits per heavy atom. The number of hydrogen-bond acceptors (Lipinski definition) is 8. The standard InChI is InChI=1S/C26H33N3O5.C13H11NO2/c30-23-9-7-21(22-8-10-25(32)28-26(22)23)24(31)18-27-11-15-33-19-5-4-6-20(17-19)34-16-14-29-12-2-1-3-13-29;15-13(16)14-12-9-5-4-8-11(12)10-6-2-1-3-7-10/h4-10,17,24,27,30-31H,1-3,11-16,18H2,(H,28,32);1-9,14H,(H,15,16)/t24-;/m0./s1. The quantitative estimate of drug-likeness (QED) is 0.0792. The molecule has 4 aromatic carbocycles. The molecule has 1 amide bonds. The van der Waals surface area contributed by atoms with Crippen LogP contribution in [0.25, 0.3) is 22.0 Å². The molecule has 1 atom stereocenters. The molecule has 6 rings (SSSR count). The van der Waals surface area contributed by atoms with E-state index in [0.29, 0.717) is 48.5 Å². The van der Waals surface area contributed by atoms with Crippen LogP contribution < -0.4 is 25.7 Å². The lowest BCUT2D eigenvalue weighted by Crippen LogP contribution is -2.33. The van der Waals surface area contributed by atoms with E-state index in [-0.39, 0.29) is 11.3 Å². The van der Waals surface area contributed by atoms with Gasteiger partial charge < -0.3 is 35.1 Å². The first-order chi connectivity index (χ1) is 24.4. The van der Waals surface area contributed by atoms with Crippen LogP contribution in [-0.2, 0) is 0 Å². The number of nitrogens with zero attached hydrogens (tertiary/aromatic N) is 1. The molecule has 11 heteroatoms. The molecule has 0 radical (unpaired) electrons. The van der Waals surface area contributed by atoms with Crippen molar-refractivity contribution in [3.63, 3.8) is 0 Å². The zero-order chi connectivity index (χ0) is 35.1. The molecule has 1 fully saturated rings. The molecule has 1 aliphatic rings. The number of phenolic OH excluding ortho intramolecular Hbond substituents is 1. The van der Waals surface area contributed by atoms with Crippen LogP contribution in [-0.4, -0.2) is 77.2 Å². The summed E-state index contributed by atoms with van der Waals surface area (Å²) >= 11 is 0. The molecule has 262 valence electrons. The summed E-state index contributed by atoms with van der Waals surface area (Å²) in [6, 6.07) is 30.8. The van der Waals surface area contributed by atoms with Gasteiger partial charge in [0.05, 0.1) is 17.3 Å². The van der Waals surface area contributed by atoms with Gasteiger partial charge in [0, 0.05) is 42.7 Å². The number of nitrogens with one attached hydrogen (secondary N) is 3. The fraction of sp³-hybridized carbons (Fsp3) is 0.282. The van der Waals surface area contributed by atoms with Crippen LogP contribution in [0, 0.1) is 0 Å². The van der Waals surface area contributed by atoms with Gasteiger partial charge >= 0.3 is 6.09 Å². The van der Waals surface area contributed by atoms with Gasteiger partial charge in [-0.25, -0.2) is 4.79 Å². The summed E-state index contributed by atoms with van der Waals surface area (Å²) in [6.07, 6.45) is 2.04. The van der Waals surface area contributed by atoms with E-state index in [1.807, 2.05) is 66.7 Å². The number of aliphatic hydroxyl groups excluding tert-OH is 1. The third-order valence-corrected chi connectivity index (χ3v) is 8.33. The van der Waals surface area contributed by atoms with Gasteiger partial charge in [-0.1, -0.05) is 67.1 Å². The van der Waals surface area contributed by atoms with Crippen LogP contribution in [0.15, 0.2) is 108 Å². The highest BCUT2D eigenvalue weighted by Crippen LogP contribution is 2.29. The maximum atomic E-state index is 11.6. The van der Waals surface area contributed by atoms with E-state index in [0.717, 1.165) is 42.3 Å².